The molecule has 0 saturated carbocycles. The number of Topliss-reactive ketones (excluding diaryl/α,β-unsaturated/α-hetero) is 1. The van der Waals surface area contributed by atoms with E-state index in [0.717, 1.165) is 8.95 Å². The van der Waals surface area contributed by atoms with Crippen molar-refractivity contribution in [2.45, 2.75) is 123 Å². The van der Waals surface area contributed by atoms with Gasteiger partial charge >= 0.3 is 42.0 Å². The number of ketones is 1. The molecule has 0 bridgehead atoms. The number of hydrogen-bond acceptors (Lipinski definition) is 14. The molecule has 2 fully saturated rings. The Morgan fingerprint density at radius 1 is 0.705 bits per heavy atom. The van der Waals surface area contributed by atoms with E-state index in [9.17, 15) is 43.5 Å². The van der Waals surface area contributed by atoms with Crippen LogP contribution in [0.2, 0.25) is 10.0 Å². The predicted molar refractivity (Wildman–Crippen MR) is 225 cm³/mol. The van der Waals surface area contributed by atoms with Gasteiger partial charge < -0.3 is 44.2 Å². The maximum absolute atomic E-state index is 13.1. The number of ether oxygens (including phenoxy) is 6. The Labute approximate surface area is 379 Å². The largest absolute Gasteiger partial charge is 0.480 e. The van der Waals surface area contributed by atoms with E-state index in [2.05, 4.69) is 52.0 Å². The minimum atomic E-state index is -1.83. The number of nitrogens with one attached hydrogen (secondary N) is 2. The zero-order valence-electron chi connectivity index (χ0n) is 35.0. The molecular formula is C40H48Br2Cl2N2O15. The minimum absolute atomic E-state index is 0.0701. The highest BCUT2D eigenvalue weighted by molar-refractivity contribution is 9.10. The summed E-state index contributed by atoms with van der Waals surface area (Å²) in [7, 11) is 0. The number of carboxylic acid groups (broad SMARTS) is 1. The molecule has 3 N–H and O–H groups in total. The van der Waals surface area contributed by atoms with E-state index in [1.54, 1.807) is 77.9 Å². The fraction of sp³-hybridized carbons (Fsp3) is 0.500. The molecule has 2 heterocycles. The molecule has 21 heteroatoms. The van der Waals surface area contributed by atoms with Crippen LogP contribution in [-0.4, -0.2) is 87.8 Å². The third-order valence-electron chi connectivity index (χ3n) is 7.36. The van der Waals surface area contributed by atoms with Gasteiger partial charge in [-0.05, 0) is 76.9 Å². The molecule has 2 aliphatic heterocycles. The summed E-state index contributed by atoms with van der Waals surface area (Å²) in [6, 6.07) is 7.72. The molecule has 2 aliphatic rings. The van der Waals surface area contributed by atoms with Crippen LogP contribution in [0.5, 0.6) is 0 Å². The number of rotatable bonds is 9. The summed E-state index contributed by atoms with van der Waals surface area (Å²) in [6.45, 7) is 15.9. The molecule has 4 rings (SSSR count). The number of esters is 4. The second-order valence-electron chi connectivity index (χ2n) is 16.2. The van der Waals surface area contributed by atoms with Gasteiger partial charge in [-0.2, -0.15) is 0 Å². The number of benzene rings is 2. The number of aliphatic carboxylic acids is 1. The topological polar surface area (TPSA) is 236 Å². The summed E-state index contributed by atoms with van der Waals surface area (Å²) in [4.78, 5) is 94.1. The highest BCUT2D eigenvalue weighted by Gasteiger charge is 2.49. The third kappa shape index (κ3) is 19.0. The maximum Gasteiger partial charge on any atom is 0.408 e. The SMILES string of the molecule is CC(C)(C)OC(=O)N[C@H](Cc1ccc(Br)cc1Cl)C(=O)C1C(=O)OC(C)(C)OC1=O.CC(C)(C)OC(=O)N[C@H](Cc1ccc(Br)cc1Cl)C(=O)O.CC1(C)OC(=O)CC(=O)O1. The van der Waals surface area contributed by atoms with Crippen LogP contribution < -0.4 is 10.6 Å². The molecule has 2 aromatic carbocycles. The number of carboxylic acids is 1. The Bertz CT molecular complexity index is 1970. The van der Waals surface area contributed by atoms with Crippen LogP contribution in [0.25, 0.3) is 0 Å². The Kier molecular flexibility index (Phi) is 18.6. The van der Waals surface area contributed by atoms with E-state index in [1.165, 1.54) is 27.7 Å². The molecule has 61 heavy (non-hydrogen) atoms. The Morgan fingerprint density at radius 2 is 1.07 bits per heavy atom. The highest BCUT2D eigenvalue weighted by atomic mass is 79.9. The quantitative estimate of drug-likeness (QED) is 0.126. The number of cyclic esters (lactones) is 4. The monoisotopic (exact) mass is 1020 g/mol. The third-order valence-corrected chi connectivity index (χ3v) is 9.05. The lowest BCUT2D eigenvalue weighted by molar-refractivity contribution is -0.239. The fourth-order valence-electron chi connectivity index (χ4n) is 5.05. The van der Waals surface area contributed by atoms with E-state index in [4.69, 9.17) is 42.1 Å². The van der Waals surface area contributed by atoms with Crippen LogP contribution in [-0.2, 0) is 70.0 Å². The number of carbonyl (C=O) groups excluding carboxylic acids is 7. The molecule has 0 aliphatic carbocycles. The molecule has 0 radical (unpaired) electrons. The summed E-state index contributed by atoms with van der Waals surface area (Å²) >= 11 is 18.9. The van der Waals surface area contributed by atoms with E-state index in [1.807, 2.05) is 0 Å². The lowest BCUT2D eigenvalue weighted by atomic mass is 9.92. The molecule has 2 amide bonds. The average molecular weight is 1030 g/mol. The summed E-state index contributed by atoms with van der Waals surface area (Å²) in [5.41, 5.74) is -0.363. The minimum Gasteiger partial charge on any atom is -0.480 e. The van der Waals surface area contributed by atoms with Gasteiger partial charge in [-0.25, -0.2) is 14.4 Å². The van der Waals surface area contributed by atoms with Crippen LogP contribution in [0.3, 0.4) is 0 Å². The Morgan fingerprint density at radius 3 is 1.41 bits per heavy atom. The summed E-state index contributed by atoms with van der Waals surface area (Å²) < 4.78 is 31.1. The molecule has 2 saturated heterocycles. The van der Waals surface area contributed by atoms with Gasteiger partial charge in [0.05, 0.1) is 6.04 Å². The smallest absolute Gasteiger partial charge is 0.408 e. The summed E-state index contributed by atoms with van der Waals surface area (Å²) in [5, 5.41) is 14.7. The molecule has 2 atom stereocenters. The molecular weight excluding hydrogens is 979 g/mol. The number of halogens is 4. The molecule has 0 unspecified atom stereocenters. The molecule has 0 spiro atoms. The van der Waals surface area contributed by atoms with Gasteiger partial charge in [0.2, 0.25) is 5.92 Å². The Hall–Kier alpha value is -4.46. The van der Waals surface area contributed by atoms with Gasteiger partial charge in [-0.3, -0.25) is 24.0 Å². The van der Waals surface area contributed by atoms with E-state index in [-0.39, 0.29) is 19.3 Å². The zero-order valence-corrected chi connectivity index (χ0v) is 39.7. The van der Waals surface area contributed by atoms with Crippen LogP contribution >= 0.6 is 55.1 Å². The number of carbonyl (C=O) groups is 8. The standard InChI is InChI=1S/C20H23BrClNO7.C14H17BrClNO4.C6H8O4/c1-19(2,3)30-18(27)23-13(8-10-6-7-11(21)9-12(10)22)15(24)14-16(25)28-20(4,5)29-17(14)26;1-14(2,3)21-13(20)17-11(12(18)19)6-8-4-5-9(15)7-10(8)16;1-6(2)9-4(7)3-5(8)10-6/h6-7,9,13-14H,8H2,1-5H3,(H,23,27);4-5,7,11H,6H2,1-3H3,(H,17,20)(H,18,19);3H2,1-2H3/t13-;11-;/m11./s1. The second kappa shape index (κ2) is 21.6. The fourth-order valence-corrected chi connectivity index (χ4v) is 6.55. The van der Waals surface area contributed by atoms with Crippen molar-refractivity contribution in [2.24, 2.45) is 5.92 Å². The average Bonchev–Trinajstić information content (AvgIpc) is 3.03. The van der Waals surface area contributed by atoms with Crippen molar-refractivity contribution in [2.75, 3.05) is 0 Å². The maximum atomic E-state index is 13.1. The van der Waals surface area contributed by atoms with E-state index in [0.29, 0.717) is 21.2 Å². The van der Waals surface area contributed by atoms with Crippen LogP contribution in [0.15, 0.2) is 45.3 Å². The summed E-state index contributed by atoms with van der Waals surface area (Å²) in [5.74, 6) is -9.56. The lowest BCUT2D eigenvalue weighted by Gasteiger charge is -2.33. The molecule has 0 aromatic heterocycles. The number of hydrogen-bond donors (Lipinski definition) is 3. The molecule has 336 valence electrons. The first-order valence-corrected chi connectivity index (χ1v) is 20.6. The van der Waals surface area contributed by atoms with E-state index < -0.39 is 88.6 Å². The van der Waals surface area contributed by atoms with Crippen molar-refractivity contribution in [3.05, 3.63) is 66.5 Å². The van der Waals surface area contributed by atoms with Gasteiger partial charge in [0.25, 0.3) is 11.6 Å². The lowest BCUT2D eigenvalue weighted by Crippen LogP contribution is -2.55. The molecule has 17 nitrogen and oxygen atoms in total. The van der Waals surface area contributed by atoms with E-state index >= 15 is 0 Å². The summed E-state index contributed by atoms with van der Waals surface area (Å²) in [6.07, 6.45) is -1.94. The number of amides is 2. The van der Waals surface area contributed by atoms with Crippen molar-refractivity contribution in [1.29, 1.82) is 0 Å². The van der Waals surface area contributed by atoms with Crippen molar-refractivity contribution >= 4 is 103 Å². The first-order chi connectivity index (χ1) is 27.8. The van der Waals surface area contributed by atoms with Gasteiger partial charge in [-0.15, -0.1) is 0 Å². The van der Waals surface area contributed by atoms with Crippen molar-refractivity contribution in [3.8, 4) is 0 Å². The number of alkyl carbamates (subject to hydrolysis) is 2. The first kappa shape index (κ1) is 52.7. The van der Waals surface area contributed by atoms with Crippen LogP contribution in [0.4, 0.5) is 9.59 Å². The zero-order chi connectivity index (χ0) is 46.8. The Balaban J connectivity index is 0.000000356. The van der Waals surface area contributed by atoms with Gasteiger partial charge in [0.15, 0.2) is 5.78 Å². The van der Waals surface area contributed by atoms with Crippen LogP contribution in [0, 0.1) is 5.92 Å². The molecule has 2 aromatic rings. The van der Waals surface area contributed by atoms with Crippen molar-refractivity contribution in [1.82, 2.24) is 10.6 Å². The first-order valence-electron chi connectivity index (χ1n) is 18.3. The van der Waals surface area contributed by atoms with Gasteiger partial charge in [-0.1, -0.05) is 67.2 Å². The van der Waals surface area contributed by atoms with Crippen molar-refractivity contribution in [3.63, 3.8) is 0 Å². The van der Waals surface area contributed by atoms with Crippen molar-refractivity contribution < 1.29 is 71.9 Å². The predicted octanol–water partition coefficient (Wildman–Crippen LogP) is 7.40. The van der Waals surface area contributed by atoms with Gasteiger partial charge in [0, 0.05) is 59.5 Å². The normalized spacial score (nSPS) is 16.8. The second-order valence-corrected chi connectivity index (χ2v) is 18.9. The van der Waals surface area contributed by atoms with Crippen LogP contribution in [0.1, 0.15) is 86.8 Å². The van der Waals surface area contributed by atoms with Gasteiger partial charge in [0.1, 0.15) is 23.7 Å². The highest BCUT2D eigenvalue weighted by Crippen LogP contribution is 2.28.